The fourth-order valence-electron chi connectivity index (χ4n) is 1.73. The van der Waals surface area contributed by atoms with Crippen LogP contribution >= 0.6 is 0 Å². The molecule has 1 aliphatic heterocycles. The Morgan fingerprint density at radius 3 is 2.07 bits per heavy atom. The summed E-state index contributed by atoms with van der Waals surface area (Å²) < 4.78 is 27.0. The quantitative estimate of drug-likeness (QED) is 0.538. The maximum atomic E-state index is 10.7. The molecule has 0 aromatic carbocycles. The van der Waals surface area contributed by atoms with Crippen molar-refractivity contribution in [3.8, 4) is 0 Å². The minimum atomic E-state index is -3.25. The van der Waals surface area contributed by atoms with Crippen molar-refractivity contribution in [2.24, 2.45) is 0 Å². The third kappa shape index (κ3) is 6.75. The lowest BCUT2D eigenvalue weighted by atomic mass is 10.4. The van der Waals surface area contributed by atoms with Crippen molar-refractivity contribution in [2.75, 3.05) is 39.5 Å². The summed E-state index contributed by atoms with van der Waals surface area (Å²) in [7, 11) is -1.10. The Hall–Kier alpha value is -0.270. The number of quaternary nitrogens is 1. The molecule has 0 bridgehead atoms. The second kappa shape index (κ2) is 6.34. The Morgan fingerprint density at radius 1 is 1.20 bits per heavy atom. The number of hydrogen-bond acceptors (Lipinski definition) is 3. The first-order chi connectivity index (χ1) is 5.91. The molecule has 0 saturated carbocycles. The van der Waals surface area contributed by atoms with Crippen LogP contribution in [0.15, 0.2) is 0 Å². The van der Waals surface area contributed by atoms with Gasteiger partial charge in [0, 0.05) is 12.8 Å². The van der Waals surface area contributed by atoms with Crippen molar-refractivity contribution in [1.29, 1.82) is 0 Å². The maximum absolute atomic E-state index is 10.7. The van der Waals surface area contributed by atoms with Crippen LogP contribution in [0.25, 0.3) is 0 Å². The molecule has 15 heavy (non-hydrogen) atoms. The van der Waals surface area contributed by atoms with Gasteiger partial charge in [-0.05, 0) is 0 Å². The zero-order valence-electron chi connectivity index (χ0n) is 9.14. The summed E-state index contributed by atoms with van der Waals surface area (Å²) in [6, 6.07) is 0. The van der Waals surface area contributed by atoms with Crippen molar-refractivity contribution in [2.45, 2.75) is 12.8 Å². The summed E-state index contributed by atoms with van der Waals surface area (Å²) in [5, 5.41) is 0. The highest BCUT2D eigenvalue weighted by Crippen LogP contribution is 2.15. The van der Waals surface area contributed by atoms with Crippen LogP contribution in [0, 0.1) is 0 Å². The molecule has 1 heterocycles. The fourth-order valence-corrected chi connectivity index (χ4v) is 2.11. The van der Waals surface area contributed by atoms with Crippen LogP contribution in [0.2, 0.25) is 0 Å². The number of nitrogens with zero attached hydrogens (tertiary/aromatic N) is 1. The summed E-state index contributed by atoms with van der Waals surface area (Å²) in [6.07, 6.45) is 3.59. The molecule has 1 saturated heterocycles. The van der Waals surface area contributed by atoms with Crippen LogP contribution in [-0.2, 0) is 14.3 Å². The molecule has 0 aromatic rings. The molecule has 0 spiro atoms. The van der Waals surface area contributed by atoms with Crippen LogP contribution in [0.3, 0.4) is 0 Å². The largest absolute Gasteiger partial charge is 0.324 e. The molecule has 4 nitrogen and oxygen atoms in total. The van der Waals surface area contributed by atoms with E-state index in [1.165, 1.54) is 12.8 Å². The Kier molecular flexibility index (Phi) is 7.25. The van der Waals surface area contributed by atoms with Crippen LogP contribution in [-0.4, -0.2) is 52.4 Å². The van der Waals surface area contributed by atoms with Gasteiger partial charge in [-0.3, -0.25) is 13.6 Å². The van der Waals surface area contributed by atoms with Gasteiger partial charge in [0.05, 0.1) is 26.4 Å². The highest BCUT2D eigenvalue weighted by atomic mass is 32.2. The predicted octanol–water partition coefficient (Wildman–Crippen LogP) is 0.508. The zero-order valence-corrected chi connectivity index (χ0v) is 9.96. The van der Waals surface area contributed by atoms with Gasteiger partial charge in [-0.15, -0.1) is 0 Å². The third-order valence-corrected chi connectivity index (χ3v) is 3.17. The minimum Gasteiger partial charge on any atom is -0.324 e. The highest BCUT2D eigenvalue weighted by molar-refractivity contribution is 7.85. The van der Waals surface area contributed by atoms with E-state index in [4.69, 9.17) is 4.18 Å². The van der Waals surface area contributed by atoms with Crippen molar-refractivity contribution in [1.82, 2.24) is 0 Å². The van der Waals surface area contributed by atoms with Gasteiger partial charge in [0.25, 0.3) is 10.1 Å². The molecule has 1 fully saturated rings. The van der Waals surface area contributed by atoms with E-state index in [-0.39, 0.29) is 9.41 Å². The Labute approximate surface area is 89.7 Å². The summed E-state index contributed by atoms with van der Waals surface area (Å²) >= 11 is 0. The predicted molar refractivity (Wildman–Crippen MR) is 55.8 cm³/mol. The maximum Gasteiger partial charge on any atom is 0.264 e. The van der Waals surface area contributed by atoms with E-state index < -0.39 is 10.1 Å². The monoisotopic (exact) mass is 248 g/mol. The first-order valence-corrected chi connectivity index (χ1v) is 6.41. The molecule has 0 radical (unpaired) electrons. The van der Waals surface area contributed by atoms with Crippen molar-refractivity contribution < 1.29 is 26.5 Å². The Bertz CT molecular complexity index is 263. The minimum absolute atomic E-state index is 0. The Morgan fingerprint density at radius 2 is 1.67 bits per heavy atom. The van der Waals surface area contributed by atoms with Crippen LogP contribution in [0.1, 0.15) is 12.8 Å². The van der Waals surface area contributed by atoms with Crippen LogP contribution < -0.4 is 0 Å². The average molecular weight is 248 g/mol. The number of halogens is 2. The van der Waals surface area contributed by atoms with Gasteiger partial charge in [0.2, 0.25) is 0 Å². The highest BCUT2D eigenvalue weighted by Gasteiger charge is 2.26. The van der Waals surface area contributed by atoms with Gasteiger partial charge in [-0.1, -0.05) is 0 Å². The smallest absolute Gasteiger partial charge is 0.264 e. The molecule has 0 amide bonds. The van der Waals surface area contributed by atoms with E-state index in [2.05, 4.69) is 7.05 Å². The molecule has 94 valence electrons. The lowest BCUT2D eigenvalue weighted by molar-refractivity contribution is -0.897. The first-order valence-electron chi connectivity index (χ1n) is 4.59. The van der Waals surface area contributed by atoms with Gasteiger partial charge in [-0.2, -0.15) is 8.42 Å². The Balaban J connectivity index is 0. The first kappa shape index (κ1) is 17.1. The second-order valence-electron chi connectivity index (χ2n) is 4.02. The summed E-state index contributed by atoms with van der Waals surface area (Å²) in [5.41, 5.74) is 0. The van der Waals surface area contributed by atoms with Gasteiger partial charge >= 0.3 is 0 Å². The van der Waals surface area contributed by atoms with Crippen molar-refractivity contribution in [3.05, 3.63) is 0 Å². The average Bonchev–Trinajstić information content (AvgIpc) is 2.33. The molecule has 0 unspecified atom stereocenters. The van der Waals surface area contributed by atoms with Crippen LogP contribution in [0.4, 0.5) is 9.41 Å². The van der Waals surface area contributed by atoms with Crippen molar-refractivity contribution in [3.63, 3.8) is 0 Å². The molecule has 1 aliphatic rings. The number of rotatable bonds is 4. The zero-order chi connectivity index (χ0) is 9.95. The normalized spacial score (nSPS) is 19.1. The molecule has 1 rings (SSSR count). The van der Waals surface area contributed by atoms with E-state index >= 15 is 0 Å². The lowest BCUT2D eigenvalue weighted by Gasteiger charge is -2.28. The molecule has 0 N–H and O–H groups in total. The van der Waals surface area contributed by atoms with E-state index in [9.17, 15) is 8.42 Å². The van der Waals surface area contributed by atoms with Gasteiger partial charge in [0.15, 0.2) is 0 Å². The van der Waals surface area contributed by atoms with Crippen molar-refractivity contribution >= 4 is 10.1 Å². The summed E-state index contributed by atoms with van der Waals surface area (Å²) in [4.78, 5) is 0. The SMILES string of the molecule is C[N+]1(CCOS(C)(=O)=O)CCCC1.F.F. The third-order valence-electron chi connectivity index (χ3n) is 2.57. The molecular weight excluding hydrogens is 228 g/mol. The molecule has 0 aromatic heterocycles. The fraction of sp³-hybridized carbons (Fsp3) is 1.00. The standard InChI is InChI=1S/C8H18NO3S.2FH/c1-9(5-3-4-6-9)7-8-12-13(2,10)11;;/h3-8H2,1-2H3;2*1H/q+1;;. The van der Waals surface area contributed by atoms with E-state index in [0.717, 1.165) is 30.4 Å². The van der Waals surface area contributed by atoms with Gasteiger partial charge < -0.3 is 4.48 Å². The number of hydrogen-bond donors (Lipinski definition) is 0. The number of likely N-dealkylation sites (N-methyl/N-ethyl adjacent to an activating group) is 1. The molecule has 0 atom stereocenters. The molecule has 0 aliphatic carbocycles. The lowest BCUT2D eigenvalue weighted by Crippen LogP contribution is -2.43. The molecular formula is C8H20F2NO3S+. The van der Waals surface area contributed by atoms with E-state index in [0.29, 0.717) is 6.61 Å². The topological polar surface area (TPSA) is 43.4 Å². The van der Waals surface area contributed by atoms with Gasteiger partial charge in [0.1, 0.15) is 13.2 Å². The molecule has 7 heteroatoms. The number of likely N-dealkylation sites (tertiary alicyclic amines) is 1. The summed E-state index contributed by atoms with van der Waals surface area (Å²) in [5.74, 6) is 0. The van der Waals surface area contributed by atoms with E-state index in [1.54, 1.807) is 0 Å². The summed E-state index contributed by atoms with van der Waals surface area (Å²) in [6.45, 7) is 3.41. The van der Waals surface area contributed by atoms with E-state index in [1.807, 2.05) is 0 Å². The van der Waals surface area contributed by atoms with Gasteiger partial charge in [-0.25, -0.2) is 0 Å². The second-order valence-corrected chi connectivity index (χ2v) is 5.67. The van der Waals surface area contributed by atoms with Crippen LogP contribution in [0.5, 0.6) is 0 Å².